The van der Waals surface area contributed by atoms with E-state index >= 15 is 0 Å². The first-order chi connectivity index (χ1) is 30.2. The third kappa shape index (κ3) is 7.16. The van der Waals surface area contributed by atoms with Crippen LogP contribution in [0.25, 0.3) is 66.8 Å². The van der Waals surface area contributed by atoms with Gasteiger partial charge >= 0.3 is 0 Å². The molecule has 0 unspecified atom stereocenters. The first kappa shape index (κ1) is 40.9. The Balaban J connectivity index is 1.67. The number of rotatable bonds is 9. The van der Waals surface area contributed by atoms with Crippen molar-refractivity contribution >= 4 is 34.0 Å². The summed E-state index contributed by atoms with van der Waals surface area (Å²) in [6.07, 6.45) is 0. The minimum Gasteiger partial charge on any atom is -0.149 e. The maximum Gasteiger partial charge on any atom is 0.251 e. The fraction of sp³-hybridized carbons (Fsp3) is 0.100. The summed E-state index contributed by atoms with van der Waals surface area (Å²) in [6.45, 7) is 13.7. The summed E-state index contributed by atoms with van der Waals surface area (Å²) in [5.41, 5.74) is 21.4. The van der Waals surface area contributed by atoms with Crippen molar-refractivity contribution in [1.29, 1.82) is 0 Å². The van der Waals surface area contributed by atoms with E-state index in [0.29, 0.717) is 0 Å². The van der Waals surface area contributed by atoms with Gasteiger partial charge in [-0.2, -0.15) is 0 Å². The smallest absolute Gasteiger partial charge is 0.149 e. The molecule has 302 valence electrons. The normalized spacial score (nSPS) is 11.5. The molecule has 2 heteroatoms. The highest BCUT2D eigenvalue weighted by atomic mass is 35.6. The molecule has 0 amide bonds. The molecular weight excluding hydrogens is 784 g/mol. The van der Waals surface area contributed by atoms with Gasteiger partial charge in [0.15, 0.2) is 0 Å². The molecule has 0 saturated carbocycles. The maximum absolute atomic E-state index is 9.82. The quantitative estimate of drug-likeness (QED) is 0.0772. The number of hydrogen-bond acceptors (Lipinski definition) is 0. The first-order valence-corrected chi connectivity index (χ1v) is 24.6. The van der Waals surface area contributed by atoms with Crippen molar-refractivity contribution in [2.24, 2.45) is 0 Å². The average molecular weight is 836 g/mol. The second-order valence-electron chi connectivity index (χ2n) is 16.8. The molecule has 0 aromatic heterocycles. The Morgan fingerprint density at radius 2 is 0.387 bits per heavy atom. The minimum absolute atomic E-state index is 1.16. The van der Waals surface area contributed by atoms with E-state index in [9.17, 15) is 11.1 Å². The molecule has 0 saturated heterocycles. The molecule has 9 aromatic rings. The molecule has 0 bridgehead atoms. The molecule has 0 radical (unpaired) electrons. The van der Waals surface area contributed by atoms with Crippen molar-refractivity contribution in [3.63, 3.8) is 0 Å². The van der Waals surface area contributed by atoms with Crippen molar-refractivity contribution in [3.8, 4) is 66.8 Å². The number of benzene rings is 9. The zero-order valence-corrected chi connectivity index (χ0v) is 38.2. The van der Waals surface area contributed by atoms with Crippen molar-refractivity contribution in [2.45, 2.75) is 41.5 Å². The molecule has 0 N–H and O–H groups in total. The lowest BCUT2D eigenvalue weighted by Crippen LogP contribution is -2.66. The molecule has 0 spiro atoms. The number of hydrogen-bond donors (Lipinski definition) is 0. The lowest BCUT2D eigenvalue weighted by Gasteiger charge is -2.40. The van der Waals surface area contributed by atoms with Crippen LogP contribution in [0.2, 0.25) is 0 Å². The van der Waals surface area contributed by atoms with E-state index < -0.39 is 7.38 Å². The lowest BCUT2D eigenvalue weighted by atomic mass is 9.90. The van der Waals surface area contributed by atoms with Gasteiger partial charge < -0.3 is 0 Å². The van der Waals surface area contributed by atoms with Gasteiger partial charge in [0.05, 0.1) is 0 Å². The molecule has 0 aliphatic heterocycles. The zero-order valence-electron chi connectivity index (χ0n) is 36.4. The molecule has 0 aliphatic carbocycles. The van der Waals surface area contributed by atoms with Crippen molar-refractivity contribution < 1.29 is 0 Å². The van der Waals surface area contributed by atoms with E-state index in [0.717, 1.165) is 33.4 Å². The Hall–Kier alpha value is -6.51. The number of halogens is 1. The SMILES string of the molecule is Cc1cc(C)c(-c2ccccc2)c([Si](Cl)(c2c(-c3ccccc3)c(C)cc(C)c2-c2ccccc2)c2c(-c3ccccc3)c(C)cc(C)c2-c2ccccc2)c1-c1ccccc1. The molecular formula is C60H51ClSi. The van der Waals surface area contributed by atoms with Crippen LogP contribution in [0.15, 0.2) is 200 Å². The van der Waals surface area contributed by atoms with Crippen molar-refractivity contribution in [1.82, 2.24) is 0 Å². The highest BCUT2D eigenvalue weighted by Crippen LogP contribution is 2.43. The average Bonchev–Trinajstić information content (AvgIpc) is 3.30. The predicted molar refractivity (Wildman–Crippen MR) is 271 cm³/mol. The van der Waals surface area contributed by atoms with Crippen LogP contribution in [-0.4, -0.2) is 7.38 Å². The van der Waals surface area contributed by atoms with Gasteiger partial charge in [-0.25, -0.2) is 0 Å². The zero-order chi connectivity index (χ0) is 43.0. The van der Waals surface area contributed by atoms with Crippen LogP contribution in [0, 0.1) is 41.5 Å². The Morgan fingerprint density at radius 3 is 0.532 bits per heavy atom. The summed E-state index contributed by atoms with van der Waals surface area (Å²) < 4.78 is 0. The van der Waals surface area contributed by atoms with E-state index in [1.165, 1.54) is 82.3 Å². The second-order valence-corrected chi connectivity index (χ2v) is 21.3. The first-order valence-electron chi connectivity index (χ1n) is 21.6. The van der Waals surface area contributed by atoms with Crippen LogP contribution in [0.4, 0.5) is 0 Å². The molecule has 9 aromatic carbocycles. The maximum atomic E-state index is 9.82. The van der Waals surface area contributed by atoms with E-state index in [1.807, 2.05) is 0 Å². The minimum atomic E-state index is -3.96. The van der Waals surface area contributed by atoms with E-state index in [2.05, 4.69) is 242 Å². The fourth-order valence-electron chi connectivity index (χ4n) is 10.2. The monoisotopic (exact) mass is 834 g/mol. The largest absolute Gasteiger partial charge is 0.251 e. The van der Waals surface area contributed by atoms with Crippen LogP contribution in [0.3, 0.4) is 0 Å². The van der Waals surface area contributed by atoms with Crippen LogP contribution in [0.1, 0.15) is 33.4 Å². The van der Waals surface area contributed by atoms with Crippen molar-refractivity contribution in [2.75, 3.05) is 0 Å². The summed E-state index contributed by atoms with van der Waals surface area (Å²) >= 11 is 9.82. The van der Waals surface area contributed by atoms with Gasteiger partial charge in [-0.05, 0) is 157 Å². The van der Waals surface area contributed by atoms with Gasteiger partial charge in [0.2, 0.25) is 0 Å². The molecule has 9 rings (SSSR count). The molecule has 0 atom stereocenters. The Morgan fingerprint density at radius 1 is 0.242 bits per heavy atom. The van der Waals surface area contributed by atoms with Crippen LogP contribution in [0.5, 0.6) is 0 Å². The Bertz CT molecular complexity index is 2510. The summed E-state index contributed by atoms with van der Waals surface area (Å²) in [5.74, 6) is 0. The Labute approximate surface area is 373 Å². The molecule has 62 heavy (non-hydrogen) atoms. The van der Waals surface area contributed by atoms with Crippen LogP contribution < -0.4 is 15.6 Å². The third-order valence-electron chi connectivity index (χ3n) is 12.6. The highest BCUT2D eigenvalue weighted by molar-refractivity contribution is 7.42. The molecule has 0 aliphatic rings. The summed E-state index contributed by atoms with van der Waals surface area (Å²) in [5, 5.41) is 3.65. The van der Waals surface area contributed by atoms with Gasteiger partial charge in [-0.15, -0.1) is 11.1 Å². The standard InChI is InChI=1S/C60H51ClSi/c1-40-37-41(2)53(47-27-15-8-16-28-47)58(52(40)46-25-13-7-14-26-46)62(61,59-54(48-29-17-9-18-30-48)42(3)38-43(4)55(59)49-31-19-10-20-32-49)60-56(50-33-21-11-22-34-50)44(5)39-45(6)57(60)51-35-23-12-24-36-51/h7-39H,1-6H3. The number of aryl methyl sites for hydroxylation is 6. The summed E-state index contributed by atoms with van der Waals surface area (Å²) in [7, 11) is -3.96. The van der Waals surface area contributed by atoms with E-state index in [1.54, 1.807) is 0 Å². The summed E-state index contributed by atoms with van der Waals surface area (Å²) in [4.78, 5) is 0. The van der Waals surface area contributed by atoms with Crippen molar-refractivity contribution in [3.05, 3.63) is 234 Å². The summed E-state index contributed by atoms with van der Waals surface area (Å²) in [6, 6.07) is 73.2. The molecule has 0 heterocycles. The third-order valence-corrected chi connectivity index (χ3v) is 17.8. The highest BCUT2D eigenvalue weighted by Gasteiger charge is 2.50. The van der Waals surface area contributed by atoms with Crippen LogP contribution in [-0.2, 0) is 0 Å². The Kier molecular flexibility index (Phi) is 11.3. The van der Waals surface area contributed by atoms with Gasteiger partial charge in [0.1, 0.15) is 0 Å². The second kappa shape index (κ2) is 17.1. The van der Waals surface area contributed by atoms with Gasteiger partial charge in [0.25, 0.3) is 7.38 Å². The fourth-order valence-corrected chi connectivity index (χ4v) is 16.8. The predicted octanol–water partition coefficient (Wildman–Crippen LogP) is 14.7. The van der Waals surface area contributed by atoms with Gasteiger partial charge in [-0.1, -0.05) is 200 Å². The topological polar surface area (TPSA) is 0 Å². The lowest BCUT2D eigenvalue weighted by molar-refractivity contribution is 1.38. The van der Waals surface area contributed by atoms with E-state index in [-0.39, 0.29) is 0 Å². The van der Waals surface area contributed by atoms with E-state index in [4.69, 9.17) is 0 Å². The van der Waals surface area contributed by atoms with Gasteiger partial charge in [0, 0.05) is 0 Å². The van der Waals surface area contributed by atoms with Gasteiger partial charge in [-0.3, -0.25) is 0 Å². The molecule has 0 fully saturated rings. The molecule has 0 nitrogen and oxygen atoms in total. The van der Waals surface area contributed by atoms with Crippen LogP contribution >= 0.6 is 11.1 Å².